The van der Waals surface area contributed by atoms with Crippen molar-refractivity contribution in [1.82, 2.24) is 4.98 Å². The highest BCUT2D eigenvalue weighted by Crippen LogP contribution is 2.34. The summed E-state index contributed by atoms with van der Waals surface area (Å²) in [4.78, 5) is 19.3. The summed E-state index contributed by atoms with van der Waals surface area (Å²) in [7, 11) is 0. The van der Waals surface area contributed by atoms with Crippen molar-refractivity contribution in [1.29, 1.82) is 0 Å². The second-order valence-electron chi connectivity index (χ2n) is 4.98. The fourth-order valence-electron chi connectivity index (χ4n) is 2.74. The zero-order valence-electron chi connectivity index (χ0n) is 11.1. The molecule has 1 unspecified atom stereocenters. The Hall–Kier alpha value is -1.48. The molecule has 1 aliphatic carbocycles. The SMILES string of the molecule is CCc1ccc(C(=O)C2CCCc3cccnc32)s1. The van der Waals surface area contributed by atoms with E-state index in [1.165, 1.54) is 10.4 Å². The Bertz CT molecular complexity index is 602. The summed E-state index contributed by atoms with van der Waals surface area (Å²) in [6.07, 6.45) is 5.87. The normalized spacial score (nSPS) is 18.1. The number of thiophene rings is 1. The van der Waals surface area contributed by atoms with Crippen LogP contribution in [0.3, 0.4) is 0 Å². The number of rotatable bonds is 3. The van der Waals surface area contributed by atoms with Gasteiger partial charge in [0.15, 0.2) is 5.78 Å². The van der Waals surface area contributed by atoms with E-state index in [1.807, 2.05) is 12.1 Å². The molecule has 0 fully saturated rings. The molecule has 1 aliphatic rings. The van der Waals surface area contributed by atoms with Gasteiger partial charge in [-0.3, -0.25) is 9.78 Å². The number of nitrogens with zero attached hydrogens (tertiary/aromatic N) is 1. The van der Waals surface area contributed by atoms with Crippen LogP contribution in [0.4, 0.5) is 0 Å². The number of aromatic nitrogens is 1. The van der Waals surface area contributed by atoms with Gasteiger partial charge in [-0.15, -0.1) is 11.3 Å². The molecule has 0 spiro atoms. The van der Waals surface area contributed by atoms with Gasteiger partial charge in [0.05, 0.1) is 16.5 Å². The van der Waals surface area contributed by atoms with Crippen molar-refractivity contribution >= 4 is 17.1 Å². The van der Waals surface area contributed by atoms with Crippen molar-refractivity contribution in [3.8, 4) is 0 Å². The largest absolute Gasteiger partial charge is 0.293 e. The second kappa shape index (κ2) is 5.25. The minimum Gasteiger partial charge on any atom is -0.293 e. The number of carbonyl (C=O) groups excluding carboxylic acids is 1. The third-order valence-corrected chi connectivity index (χ3v) is 5.01. The van der Waals surface area contributed by atoms with Crippen LogP contribution in [0, 0.1) is 0 Å². The lowest BCUT2D eigenvalue weighted by Gasteiger charge is -2.22. The molecule has 0 N–H and O–H groups in total. The number of hydrogen-bond acceptors (Lipinski definition) is 3. The molecule has 2 heterocycles. The summed E-state index contributed by atoms with van der Waals surface area (Å²) in [6, 6.07) is 8.11. The van der Waals surface area contributed by atoms with Crippen LogP contribution in [-0.4, -0.2) is 10.8 Å². The maximum Gasteiger partial charge on any atom is 0.181 e. The van der Waals surface area contributed by atoms with Gasteiger partial charge >= 0.3 is 0 Å². The van der Waals surface area contributed by atoms with Gasteiger partial charge in [-0.05, 0) is 49.4 Å². The molecule has 1 atom stereocenters. The van der Waals surface area contributed by atoms with E-state index in [-0.39, 0.29) is 11.7 Å². The third kappa shape index (κ3) is 2.35. The van der Waals surface area contributed by atoms with E-state index in [1.54, 1.807) is 17.5 Å². The lowest BCUT2D eigenvalue weighted by molar-refractivity contribution is 0.0953. The average molecular weight is 271 g/mol. The third-order valence-electron chi connectivity index (χ3n) is 3.76. The van der Waals surface area contributed by atoms with Crippen molar-refractivity contribution < 1.29 is 4.79 Å². The molecule has 0 amide bonds. The smallest absolute Gasteiger partial charge is 0.181 e. The molecule has 2 aromatic heterocycles. The predicted molar refractivity (Wildman–Crippen MR) is 77.9 cm³/mol. The number of aryl methyl sites for hydroxylation is 2. The van der Waals surface area contributed by atoms with Gasteiger partial charge in [0.1, 0.15) is 0 Å². The molecule has 98 valence electrons. The minimum absolute atomic E-state index is 0.0340. The molecule has 0 saturated carbocycles. The number of ketones is 1. The highest BCUT2D eigenvalue weighted by atomic mass is 32.1. The molecule has 19 heavy (non-hydrogen) atoms. The summed E-state index contributed by atoms with van der Waals surface area (Å²) in [5.74, 6) is 0.220. The Balaban J connectivity index is 1.93. The summed E-state index contributed by atoms with van der Waals surface area (Å²) in [6.45, 7) is 2.12. The lowest BCUT2D eigenvalue weighted by atomic mass is 9.83. The first-order chi connectivity index (χ1) is 9.29. The predicted octanol–water partition coefficient (Wildman–Crippen LogP) is 4.01. The first kappa shape index (κ1) is 12.5. The first-order valence-corrected chi connectivity index (χ1v) is 7.68. The van der Waals surface area contributed by atoms with Gasteiger partial charge in [0.25, 0.3) is 0 Å². The Labute approximate surface area is 117 Å². The van der Waals surface area contributed by atoms with Crippen LogP contribution in [0.1, 0.15) is 51.5 Å². The molecule has 0 saturated heterocycles. The molecule has 0 radical (unpaired) electrons. The summed E-state index contributed by atoms with van der Waals surface area (Å²) in [5.41, 5.74) is 2.25. The fourth-order valence-corrected chi connectivity index (χ4v) is 3.68. The number of Topliss-reactive ketones (excluding diaryl/α,β-unsaturated/α-hetero) is 1. The maximum atomic E-state index is 12.7. The van der Waals surface area contributed by atoms with E-state index in [0.717, 1.165) is 36.3 Å². The maximum absolute atomic E-state index is 12.7. The van der Waals surface area contributed by atoms with Crippen molar-refractivity contribution in [2.75, 3.05) is 0 Å². The molecule has 3 heteroatoms. The monoisotopic (exact) mass is 271 g/mol. The molecule has 2 nitrogen and oxygen atoms in total. The van der Waals surface area contributed by atoms with Gasteiger partial charge in [-0.25, -0.2) is 0 Å². The van der Waals surface area contributed by atoms with E-state index in [9.17, 15) is 4.79 Å². The Kier molecular flexibility index (Phi) is 3.47. The summed E-state index contributed by atoms with van der Waals surface area (Å²) in [5, 5.41) is 0. The van der Waals surface area contributed by atoms with E-state index < -0.39 is 0 Å². The van der Waals surface area contributed by atoms with Crippen LogP contribution in [0.15, 0.2) is 30.5 Å². The van der Waals surface area contributed by atoms with Crippen LogP contribution >= 0.6 is 11.3 Å². The Morgan fingerprint density at radius 1 is 1.42 bits per heavy atom. The van der Waals surface area contributed by atoms with Crippen molar-refractivity contribution in [3.05, 3.63) is 51.5 Å². The van der Waals surface area contributed by atoms with Crippen LogP contribution in [-0.2, 0) is 12.8 Å². The van der Waals surface area contributed by atoms with Gasteiger partial charge in [-0.1, -0.05) is 13.0 Å². The second-order valence-corrected chi connectivity index (χ2v) is 6.14. The van der Waals surface area contributed by atoms with Crippen molar-refractivity contribution in [3.63, 3.8) is 0 Å². The molecule has 2 aromatic rings. The molecular weight excluding hydrogens is 254 g/mol. The van der Waals surface area contributed by atoms with Crippen LogP contribution in [0.5, 0.6) is 0 Å². The molecule has 3 rings (SSSR count). The standard InChI is InChI=1S/C16H17NOS/c1-2-12-8-9-14(19-12)16(18)13-7-3-5-11-6-4-10-17-15(11)13/h4,6,8-10,13H,2-3,5,7H2,1H3. The van der Waals surface area contributed by atoms with Crippen molar-refractivity contribution in [2.45, 2.75) is 38.5 Å². The fraction of sp³-hybridized carbons (Fsp3) is 0.375. The molecule has 0 aromatic carbocycles. The number of hydrogen-bond donors (Lipinski definition) is 0. The lowest BCUT2D eigenvalue weighted by Crippen LogP contribution is -2.19. The highest BCUT2D eigenvalue weighted by molar-refractivity contribution is 7.14. The highest BCUT2D eigenvalue weighted by Gasteiger charge is 2.29. The Morgan fingerprint density at radius 2 is 2.32 bits per heavy atom. The van der Waals surface area contributed by atoms with Gasteiger partial charge in [0, 0.05) is 11.1 Å². The van der Waals surface area contributed by atoms with Gasteiger partial charge in [0.2, 0.25) is 0 Å². The summed E-state index contributed by atoms with van der Waals surface area (Å²) >= 11 is 1.63. The number of pyridine rings is 1. The van der Waals surface area contributed by atoms with E-state index >= 15 is 0 Å². The summed E-state index contributed by atoms with van der Waals surface area (Å²) < 4.78 is 0. The quantitative estimate of drug-likeness (QED) is 0.790. The zero-order valence-corrected chi connectivity index (χ0v) is 11.9. The van der Waals surface area contributed by atoms with Crippen LogP contribution in [0.2, 0.25) is 0 Å². The van der Waals surface area contributed by atoms with Crippen LogP contribution in [0.25, 0.3) is 0 Å². The average Bonchev–Trinajstić information content (AvgIpc) is 2.95. The molecule has 0 aliphatic heterocycles. The molecule has 0 bridgehead atoms. The van der Waals surface area contributed by atoms with Gasteiger partial charge < -0.3 is 0 Å². The van der Waals surface area contributed by atoms with Crippen molar-refractivity contribution in [2.24, 2.45) is 0 Å². The topological polar surface area (TPSA) is 30.0 Å². The van der Waals surface area contributed by atoms with Crippen LogP contribution < -0.4 is 0 Å². The Morgan fingerprint density at radius 3 is 3.11 bits per heavy atom. The number of fused-ring (bicyclic) bond motifs is 1. The first-order valence-electron chi connectivity index (χ1n) is 6.86. The van der Waals surface area contributed by atoms with E-state index in [0.29, 0.717) is 0 Å². The zero-order chi connectivity index (χ0) is 13.2. The van der Waals surface area contributed by atoms with Gasteiger partial charge in [-0.2, -0.15) is 0 Å². The van der Waals surface area contributed by atoms with E-state index in [4.69, 9.17) is 0 Å². The number of carbonyl (C=O) groups is 1. The molecular formula is C16H17NOS. The minimum atomic E-state index is -0.0340. The van der Waals surface area contributed by atoms with E-state index in [2.05, 4.69) is 24.0 Å².